The van der Waals surface area contributed by atoms with Crippen molar-refractivity contribution < 1.29 is 32.1 Å². The van der Waals surface area contributed by atoms with Crippen molar-refractivity contribution >= 4 is 15.9 Å². The molecule has 0 saturated carbocycles. The van der Waals surface area contributed by atoms with E-state index in [1.165, 1.54) is 23.6 Å². The van der Waals surface area contributed by atoms with Gasteiger partial charge in [-0.05, 0) is 67.9 Å². The number of rotatable bonds is 13. The summed E-state index contributed by atoms with van der Waals surface area (Å²) in [4.78, 5) is 12.0. The number of aromatic nitrogens is 2. The lowest BCUT2D eigenvalue weighted by atomic mass is 10.1. The van der Waals surface area contributed by atoms with Gasteiger partial charge in [-0.2, -0.15) is 4.31 Å². The number of hydrogen-bond donors (Lipinski definition) is 1. The van der Waals surface area contributed by atoms with Gasteiger partial charge in [0.15, 0.2) is 5.03 Å². The fraction of sp³-hybridized carbons (Fsp3) is 0.312. The number of hydrogen-bond acceptors (Lipinski definition) is 9. The first-order chi connectivity index (χ1) is 21.1. The van der Waals surface area contributed by atoms with Crippen LogP contribution in [-0.2, 0) is 26.0 Å². The van der Waals surface area contributed by atoms with Gasteiger partial charge in [-0.25, -0.2) is 18.4 Å². The molecule has 232 valence electrons. The van der Waals surface area contributed by atoms with Crippen molar-refractivity contribution in [3.05, 3.63) is 84.2 Å². The van der Waals surface area contributed by atoms with Crippen LogP contribution < -0.4 is 14.2 Å². The summed E-state index contributed by atoms with van der Waals surface area (Å²) in [7, 11) is 0.876. The average Bonchev–Trinajstić information content (AvgIpc) is 3.67. The van der Waals surface area contributed by atoms with Crippen molar-refractivity contribution in [3.8, 4) is 34.3 Å². The van der Waals surface area contributed by atoms with Gasteiger partial charge in [-0.15, -0.1) is 0 Å². The lowest BCUT2D eigenvalue weighted by Crippen LogP contribution is -2.27. The molecular formula is C32H36N4O7S. The van der Waals surface area contributed by atoms with Crippen molar-refractivity contribution in [2.45, 2.75) is 37.6 Å². The zero-order valence-corrected chi connectivity index (χ0v) is 26.1. The minimum Gasteiger partial charge on any atom is -0.497 e. The lowest BCUT2D eigenvalue weighted by Gasteiger charge is -2.17. The summed E-state index contributed by atoms with van der Waals surface area (Å²) in [5.74, 6) is 2.71. The molecule has 1 aliphatic rings. The van der Waals surface area contributed by atoms with E-state index in [0.29, 0.717) is 42.0 Å². The number of nitrogens with one attached hydrogen (secondary N) is 1. The Morgan fingerprint density at radius 3 is 2.36 bits per heavy atom. The smallest absolute Gasteiger partial charge is 0.260 e. The van der Waals surface area contributed by atoms with Crippen molar-refractivity contribution in [1.82, 2.24) is 14.3 Å². The lowest BCUT2D eigenvalue weighted by molar-refractivity contribution is 0.0920. The van der Waals surface area contributed by atoms with E-state index in [1.54, 1.807) is 38.5 Å². The molecule has 4 aromatic rings. The van der Waals surface area contributed by atoms with Gasteiger partial charge in [-0.1, -0.05) is 12.1 Å². The molecule has 0 spiro atoms. The van der Waals surface area contributed by atoms with E-state index in [9.17, 15) is 8.42 Å². The van der Waals surface area contributed by atoms with Crippen LogP contribution in [-0.4, -0.2) is 75.2 Å². The molecular weight excluding hydrogens is 584 g/mol. The number of nitrogens with zero attached hydrogens (tertiary/aromatic N) is 3. The zero-order valence-electron chi connectivity index (χ0n) is 25.3. The van der Waals surface area contributed by atoms with E-state index in [0.717, 1.165) is 22.5 Å². The Kier molecular flexibility index (Phi) is 9.52. The molecule has 0 fully saturated rings. The van der Waals surface area contributed by atoms with E-state index < -0.39 is 10.0 Å². The predicted octanol–water partition coefficient (Wildman–Crippen LogP) is 5.28. The van der Waals surface area contributed by atoms with E-state index in [2.05, 4.69) is 15.0 Å². The number of benzene rings is 2. The topological polar surface area (TPSA) is 125 Å². The molecule has 5 rings (SSSR count). The first kappa shape index (κ1) is 31.0. The highest BCUT2D eigenvalue weighted by Gasteiger charge is 2.23. The maximum atomic E-state index is 13.2. The second kappa shape index (κ2) is 13.5. The van der Waals surface area contributed by atoms with Crippen molar-refractivity contribution in [1.29, 1.82) is 0 Å². The van der Waals surface area contributed by atoms with Crippen LogP contribution in [0.1, 0.15) is 25.1 Å². The maximum absolute atomic E-state index is 13.2. The van der Waals surface area contributed by atoms with Gasteiger partial charge >= 0.3 is 0 Å². The largest absolute Gasteiger partial charge is 0.497 e. The Bertz CT molecular complexity index is 1700. The Labute approximate surface area is 257 Å². The zero-order chi connectivity index (χ0) is 31.3. The second-order valence-corrected chi connectivity index (χ2v) is 12.5. The molecule has 12 heteroatoms. The van der Waals surface area contributed by atoms with Crippen LogP contribution in [0, 0.1) is 0 Å². The monoisotopic (exact) mass is 620 g/mol. The van der Waals surface area contributed by atoms with E-state index >= 15 is 0 Å². The summed E-state index contributed by atoms with van der Waals surface area (Å²) >= 11 is 0. The van der Waals surface area contributed by atoms with Crippen LogP contribution in [0.25, 0.3) is 11.3 Å². The van der Waals surface area contributed by atoms with Crippen LogP contribution in [0.2, 0.25) is 0 Å². The number of aromatic amines is 1. The number of H-pyrrole nitrogens is 1. The van der Waals surface area contributed by atoms with Crippen LogP contribution in [0.3, 0.4) is 0 Å². The first-order valence-electron chi connectivity index (χ1n) is 14.1. The summed E-state index contributed by atoms with van der Waals surface area (Å²) in [5, 5.41) is -0.0858. The van der Waals surface area contributed by atoms with Crippen LogP contribution in [0.5, 0.6) is 23.0 Å². The van der Waals surface area contributed by atoms with Crippen LogP contribution in [0.4, 0.5) is 0 Å². The second-order valence-electron chi connectivity index (χ2n) is 10.5. The molecule has 0 unspecified atom stereocenters. The molecule has 1 aliphatic heterocycles. The minimum atomic E-state index is -3.84. The molecule has 2 aromatic carbocycles. The van der Waals surface area contributed by atoms with Crippen LogP contribution in [0.15, 0.2) is 82.9 Å². The van der Waals surface area contributed by atoms with Gasteiger partial charge < -0.3 is 28.7 Å². The number of aliphatic imine (C=N–C) groups is 1. The molecule has 0 saturated heterocycles. The Morgan fingerprint density at radius 2 is 1.70 bits per heavy atom. The molecule has 0 radical (unpaired) electrons. The normalized spacial score (nSPS) is 15.5. The third-order valence-corrected chi connectivity index (χ3v) is 8.55. The Hall–Kier alpha value is -4.39. The number of ether oxygens (including phenoxy) is 5. The van der Waals surface area contributed by atoms with Crippen molar-refractivity contribution in [2.24, 2.45) is 4.99 Å². The fourth-order valence-corrected chi connectivity index (χ4v) is 5.68. The summed E-state index contributed by atoms with van der Waals surface area (Å²) in [6.07, 6.45) is 1.23. The predicted molar refractivity (Wildman–Crippen MR) is 166 cm³/mol. The number of pyridine rings is 1. The van der Waals surface area contributed by atoms with Gasteiger partial charge in [0.25, 0.3) is 10.0 Å². The fourth-order valence-electron chi connectivity index (χ4n) is 4.62. The maximum Gasteiger partial charge on any atom is 0.260 e. The van der Waals surface area contributed by atoms with Gasteiger partial charge in [0.05, 0.1) is 26.5 Å². The molecule has 44 heavy (non-hydrogen) atoms. The third kappa shape index (κ3) is 7.39. The van der Waals surface area contributed by atoms with E-state index in [1.807, 2.05) is 50.2 Å². The van der Waals surface area contributed by atoms with Gasteiger partial charge in [0.1, 0.15) is 40.9 Å². The number of sulfonamides is 1. The molecule has 0 aliphatic carbocycles. The molecule has 0 bridgehead atoms. The molecule has 2 aromatic heterocycles. The summed E-state index contributed by atoms with van der Waals surface area (Å²) in [6, 6.07) is 19.6. The Morgan fingerprint density at radius 1 is 0.977 bits per heavy atom. The SMILES string of the molecule is COC[C@H](C)Oc1cc(Oc2ccc(S(=O)(=O)N(C)Cc3ccc(OC)cc3)nc2)cc(-c2ccc(C3=NC[C@H](C)O3)[nH]2)c1. The quantitative estimate of drug-likeness (QED) is 0.214. The Balaban J connectivity index is 1.35. The van der Waals surface area contributed by atoms with Gasteiger partial charge in [0, 0.05) is 38.0 Å². The average molecular weight is 621 g/mol. The van der Waals surface area contributed by atoms with E-state index in [-0.39, 0.29) is 23.8 Å². The van der Waals surface area contributed by atoms with Gasteiger partial charge in [0.2, 0.25) is 5.90 Å². The van der Waals surface area contributed by atoms with Crippen molar-refractivity contribution in [3.63, 3.8) is 0 Å². The first-order valence-corrected chi connectivity index (χ1v) is 15.5. The molecule has 11 nitrogen and oxygen atoms in total. The number of methoxy groups -OCH3 is 2. The molecule has 0 amide bonds. The van der Waals surface area contributed by atoms with E-state index in [4.69, 9.17) is 23.7 Å². The standard InChI is InChI=1S/C32H36N4O7S/c1-21-17-34-32(42-21)30-12-11-29(35-30)24-14-27(41-22(2)20-39-4)16-28(15-24)43-26-10-13-31(33-18-26)44(37,38)36(3)19-23-6-8-25(40-5)9-7-23/h6-16,18,21-22,35H,17,19-20H2,1-5H3/t21-,22-/m0/s1. The summed E-state index contributed by atoms with van der Waals surface area (Å²) in [5.41, 5.74) is 3.23. The minimum absolute atomic E-state index is 0.0413. The van der Waals surface area contributed by atoms with Crippen molar-refractivity contribution in [2.75, 3.05) is 34.4 Å². The highest BCUT2D eigenvalue weighted by Crippen LogP contribution is 2.33. The molecule has 1 N–H and O–H groups in total. The highest BCUT2D eigenvalue weighted by molar-refractivity contribution is 7.89. The van der Waals surface area contributed by atoms with Crippen LogP contribution >= 0.6 is 0 Å². The summed E-state index contributed by atoms with van der Waals surface area (Å²) in [6.45, 7) is 5.10. The molecule has 2 atom stereocenters. The highest BCUT2D eigenvalue weighted by atomic mass is 32.2. The summed E-state index contributed by atoms with van der Waals surface area (Å²) < 4.78 is 56.1. The third-order valence-electron chi connectivity index (χ3n) is 6.83. The molecule has 3 heterocycles. The van der Waals surface area contributed by atoms with Gasteiger partial charge in [-0.3, -0.25) is 0 Å².